The van der Waals surface area contributed by atoms with E-state index >= 15 is 0 Å². The average Bonchev–Trinajstić information content (AvgIpc) is 2.63. The zero-order valence-corrected chi connectivity index (χ0v) is 17.8. The Kier molecular flexibility index (Phi) is 13.8. The van der Waals surface area contributed by atoms with Crippen molar-refractivity contribution in [1.82, 2.24) is 0 Å². The van der Waals surface area contributed by atoms with E-state index in [-0.39, 0.29) is 18.6 Å². The summed E-state index contributed by atoms with van der Waals surface area (Å²) in [5.41, 5.74) is 0. The first-order valence-corrected chi connectivity index (χ1v) is 11.3. The van der Waals surface area contributed by atoms with E-state index in [1.165, 1.54) is 44.9 Å². The first-order chi connectivity index (χ1) is 13.4. The number of hydrogen-bond donors (Lipinski definition) is 2. The molecule has 1 rings (SSSR count). The highest BCUT2D eigenvalue weighted by molar-refractivity contribution is 5.63. The number of carbonyl (C=O) groups excluding carboxylic acids is 1. The fourth-order valence-electron chi connectivity index (χ4n) is 3.66. The number of rotatable bonds is 16. The molecule has 6 heteroatoms. The normalized spacial score (nSPS) is 26.3. The van der Waals surface area contributed by atoms with E-state index in [2.05, 4.69) is 0 Å². The molecule has 28 heavy (non-hydrogen) atoms. The second-order valence-corrected chi connectivity index (χ2v) is 8.33. The molecule has 1 aliphatic heterocycles. The molecule has 2 N–H and O–H groups in total. The summed E-state index contributed by atoms with van der Waals surface area (Å²) < 4.78 is 11.4. The third-order valence-electron chi connectivity index (χ3n) is 5.55. The topological polar surface area (TPSA) is 99.1 Å². The van der Waals surface area contributed by atoms with Crippen LogP contribution in [0, 0.1) is 0 Å². The molecule has 1 saturated heterocycles. The van der Waals surface area contributed by atoms with Crippen molar-refractivity contribution in [3.05, 3.63) is 0 Å². The summed E-state index contributed by atoms with van der Waals surface area (Å²) in [6.07, 6.45) is 11.8. The minimum absolute atomic E-state index is 0.0407. The molecule has 0 radical (unpaired) electrons. The van der Waals surface area contributed by atoms with Crippen molar-refractivity contribution < 1.29 is 29.6 Å². The van der Waals surface area contributed by atoms with Gasteiger partial charge in [-0.1, -0.05) is 64.2 Å². The third kappa shape index (κ3) is 12.0. The van der Waals surface area contributed by atoms with Crippen molar-refractivity contribution in [1.29, 1.82) is 0 Å². The van der Waals surface area contributed by atoms with Gasteiger partial charge in [-0.25, -0.2) is 0 Å². The number of ether oxygens (including phenoxy) is 2. The Balaban J connectivity index is 1.88. The molecule has 1 heterocycles. The smallest absolute Gasteiger partial charge is 0.184 e. The summed E-state index contributed by atoms with van der Waals surface area (Å²) in [6.45, 7) is 3.81. The van der Waals surface area contributed by atoms with E-state index in [0.29, 0.717) is 6.42 Å². The van der Waals surface area contributed by atoms with Crippen molar-refractivity contribution >= 4 is 5.97 Å². The Hall–Kier alpha value is -0.690. The maximum atomic E-state index is 10.3. The van der Waals surface area contributed by atoms with Crippen molar-refractivity contribution in [2.75, 3.05) is 0 Å². The van der Waals surface area contributed by atoms with Crippen LogP contribution in [0.4, 0.5) is 0 Å². The van der Waals surface area contributed by atoms with Crippen LogP contribution < -0.4 is 5.11 Å². The molecule has 0 aromatic rings. The average molecular weight is 402 g/mol. The SMILES string of the molecule is CC(CCCCCCCCCCCCCC(=O)[O-])OC1OC(C)C(O)CC1O. The summed E-state index contributed by atoms with van der Waals surface area (Å²) in [6, 6.07) is 0. The van der Waals surface area contributed by atoms with Gasteiger partial charge in [0.2, 0.25) is 0 Å². The van der Waals surface area contributed by atoms with Crippen molar-refractivity contribution in [3.63, 3.8) is 0 Å². The lowest BCUT2D eigenvalue weighted by atomic mass is 10.0. The number of carbonyl (C=O) groups is 1. The summed E-state index contributed by atoms with van der Waals surface area (Å²) in [4.78, 5) is 10.3. The van der Waals surface area contributed by atoms with E-state index in [1.807, 2.05) is 6.92 Å². The van der Waals surface area contributed by atoms with Crippen molar-refractivity contribution in [2.24, 2.45) is 0 Å². The largest absolute Gasteiger partial charge is 0.550 e. The van der Waals surface area contributed by atoms with E-state index in [1.54, 1.807) is 6.92 Å². The monoisotopic (exact) mass is 401 g/mol. The van der Waals surface area contributed by atoms with E-state index in [4.69, 9.17) is 9.47 Å². The number of carboxylic acid groups (broad SMARTS) is 1. The number of aliphatic hydroxyl groups is 2. The number of unbranched alkanes of at least 4 members (excludes halogenated alkanes) is 10. The predicted octanol–water partition coefficient (Wildman–Crippen LogP) is 3.07. The quantitative estimate of drug-likeness (QED) is 0.386. The molecular formula is C22H41O6-. The van der Waals surface area contributed by atoms with Gasteiger partial charge in [-0.15, -0.1) is 0 Å². The van der Waals surface area contributed by atoms with Gasteiger partial charge in [-0.2, -0.15) is 0 Å². The highest BCUT2D eigenvalue weighted by atomic mass is 16.7. The van der Waals surface area contributed by atoms with Crippen molar-refractivity contribution in [3.8, 4) is 0 Å². The van der Waals surface area contributed by atoms with Crippen LogP contribution in [-0.2, 0) is 14.3 Å². The van der Waals surface area contributed by atoms with E-state index in [0.717, 1.165) is 32.1 Å². The number of aliphatic hydroxyl groups excluding tert-OH is 2. The van der Waals surface area contributed by atoms with Crippen LogP contribution in [0.25, 0.3) is 0 Å². The summed E-state index contributed by atoms with van der Waals surface area (Å²) in [7, 11) is 0. The van der Waals surface area contributed by atoms with Crippen LogP contribution in [0.2, 0.25) is 0 Å². The molecule has 0 aliphatic carbocycles. The van der Waals surface area contributed by atoms with Crippen molar-refractivity contribution in [2.45, 2.75) is 134 Å². The van der Waals surface area contributed by atoms with Crippen LogP contribution in [0.1, 0.15) is 104 Å². The van der Waals surface area contributed by atoms with E-state index < -0.39 is 24.5 Å². The van der Waals surface area contributed by atoms with Crippen LogP contribution in [0.3, 0.4) is 0 Å². The standard InChI is InChI=1S/C22H42O6/c1-17(27-22-20(24)16-19(23)18(2)28-22)14-12-10-8-6-4-3-5-7-9-11-13-15-21(25)26/h17-20,22-24H,3-16H2,1-2H3,(H,25,26)/p-1. The molecule has 0 aromatic carbocycles. The molecule has 0 amide bonds. The Bertz CT molecular complexity index is 402. The van der Waals surface area contributed by atoms with Crippen LogP contribution in [-0.4, -0.2) is 46.9 Å². The fraction of sp³-hybridized carbons (Fsp3) is 0.955. The molecule has 5 atom stereocenters. The molecule has 166 valence electrons. The van der Waals surface area contributed by atoms with Gasteiger partial charge in [0.25, 0.3) is 0 Å². The highest BCUT2D eigenvalue weighted by Gasteiger charge is 2.35. The van der Waals surface area contributed by atoms with Crippen LogP contribution >= 0.6 is 0 Å². The molecule has 1 fully saturated rings. The fourth-order valence-corrected chi connectivity index (χ4v) is 3.66. The van der Waals surface area contributed by atoms with Gasteiger partial charge in [0.05, 0.1) is 18.3 Å². The second-order valence-electron chi connectivity index (χ2n) is 8.33. The Morgan fingerprint density at radius 1 is 0.964 bits per heavy atom. The molecule has 0 saturated carbocycles. The van der Waals surface area contributed by atoms with E-state index in [9.17, 15) is 20.1 Å². The minimum Gasteiger partial charge on any atom is -0.550 e. The van der Waals surface area contributed by atoms with Gasteiger partial charge in [0.1, 0.15) is 6.10 Å². The highest BCUT2D eigenvalue weighted by Crippen LogP contribution is 2.23. The molecule has 0 spiro atoms. The second kappa shape index (κ2) is 15.2. The summed E-state index contributed by atoms with van der Waals surface area (Å²) in [5, 5.41) is 29.9. The number of hydrogen-bond acceptors (Lipinski definition) is 6. The zero-order chi connectivity index (χ0) is 20.8. The van der Waals surface area contributed by atoms with Crippen LogP contribution in [0.5, 0.6) is 0 Å². The predicted molar refractivity (Wildman–Crippen MR) is 107 cm³/mol. The number of carboxylic acids is 1. The van der Waals surface area contributed by atoms with Gasteiger partial charge in [-0.3, -0.25) is 0 Å². The first kappa shape index (κ1) is 25.3. The van der Waals surface area contributed by atoms with Gasteiger partial charge in [0, 0.05) is 12.4 Å². The Labute approximate surface area is 170 Å². The summed E-state index contributed by atoms with van der Waals surface area (Å²) >= 11 is 0. The lowest BCUT2D eigenvalue weighted by Crippen LogP contribution is -2.48. The first-order valence-electron chi connectivity index (χ1n) is 11.3. The summed E-state index contributed by atoms with van der Waals surface area (Å²) in [5.74, 6) is -0.935. The van der Waals surface area contributed by atoms with Gasteiger partial charge < -0.3 is 29.6 Å². The maximum Gasteiger partial charge on any atom is 0.184 e. The Morgan fingerprint density at radius 2 is 1.46 bits per heavy atom. The molecule has 1 aliphatic rings. The lowest BCUT2D eigenvalue weighted by Gasteiger charge is -2.36. The maximum absolute atomic E-state index is 10.3. The molecular weight excluding hydrogens is 360 g/mol. The zero-order valence-electron chi connectivity index (χ0n) is 17.8. The number of aliphatic carboxylic acids is 1. The molecule has 5 unspecified atom stereocenters. The van der Waals surface area contributed by atoms with Gasteiger partial charge in [0.15, 0.2) is 6.29 Å². The third-order valence-corrected chi connectivity index (χ3v) is 5.55. The minimum atomic E-state index is -0.935. The van der Waals surface area contributed by atoms with Crippen LogP contribution in [0.15, 0.2) is 0 Å². The van der Waals surface area contributed by atoms with Gasteiger partial charge >= 0.3 is 0 Å². The lowest BCUT2D eigenvalue weighted by molar-refractivity contribution is -0.305. The van der Waals surface area contributed by atoms with Gasteiger partial charge in [-0.05, 0) is 33.1 Å². The molecule has 0 bridgehead atoms. The molecule has 0 aromatic heterocycles. The Morgan fingerprint density at radius 3 is 2.00 bits per heavy atom. The molecule has 6 nitrogen and oxygen atoms in total.